The summed E-state index contributed by atoms with van der Waals surface area (Å²) in [4.78, 5) is 3.02. The highest BCUT2D eigenvalue weighted by Gasteiger charge is 2.39. The Morgan fingerprint density at radius 2 is 2.45 bits per heavy atom. The van der Waals surface area contributed by atoms with Crippen LogP contribution in [0.2, 0.25) is 0 Å². The number of hydrogen-bond donors (Lipinski definition) is 1. The summed E-state index contributed by atoms with van der Waals surface area (Å²) in [6.07, 6.45) is 3.91. The van der Waals surface area contributed by atoms with Crippen molar-refractivity contribution in [1.82, 2.24) is 4.98 Å². The fourth-order valence-corrected chi connectivity index (χ4v) is 1.63. The zero-order chi connectivity index (χ0) is 7.73. The SMILES string of the molecule is ClCC1(c2cc[nH]c2)COC1. The minimum Gasteiger partial charge on any atom is -0.379 e. The second-order valence-electron chi connectivity index (χ2n) is 3.01. The van der Waals surface area contributed by atoms with Crippen molar-refractivity contribution in [3.8, 4) is 0 Å². The number of halogens is 1. The number of aromatic amines is 1. The van der Waals surface area contributed by atoms with Gasteiger partial charge in [0.1, 0.15) is 0 Å². The van der Waals surface area contributed by atoms with Crippen molar-refractivity contribution >= 4 is 11.6 Å². The molecule has 0 saturated carbocycles. The van der Waals surface area contributed by atoms with E-state index in [4.69, 9.17) is 16.3 Å². The minimum absolute atomic E-state index is 0.0988. The standard InChI is InChI=1S/C8H10ClNO/c9-4-8(5-11-6-8)7-1-2-10-3-7/h1-3,10H,4-6H2. The summed E-state index contributed by atoms with van der Waals surface area (Å²) >= 11 is 5.86. The van der Waals surface area contributed by atoms with Crippen molar-refractivity contribution in [2.45, 2.75) is 5.41 Å². The van der Waals surface area contributed by atoms with Gasteiger partial charge >= 0.3 is 0 Å². The molecule has 0 atom stereocenters. The molecule has 0 aliphatic carbocycles. The van der Waals surface area contributed by atoms with Gasteiger partial charge in [-0.25, -0.2) is 0 Å². The molecule has 0 amide bonds. The molecule has 0 aromatic carbocycles. The third-order valence-electron chi connectivity index (χ3n) is 2.22. The molecular formula is C8H10ClNO. The first kappa shape index (κ1) is 7.19. The van der Waals surface area contributed by atoms with Crippen molar-refractivity contribution < 1.29 is 4.74 Å². The molecule has 11 heavy (non-hydrogen) atoms. The summed E-state index contributed by atoms with van der Waals surface area (Å²) in [5, 5.41) is 0. The van der Waals surface area contributed by atoms with Gasteiger partial charge in [0, 0.05) is 18.3 Å². The maximum atomic E-state index is 5.86. The van der Waals surface area contributed by atoms with Gasteiger partial charge in [0.2, 0.25) is 0 Å². The highest BCUT2D eigenvalue weighted by atomic mass is 35.5. The van der Waals surface area contributed by atoms with Crippen molar-refractivity contribution in [1.29, 1.82) is 0 Å². The van der Waals surface area contributed by atoms with Crippen LogP contribution in [0.5, 0.6) is 0 Å². The van der Waals surface area contributed by atoms with E-state index >= 15 is 0 Å². The molecule has 1 aromatic heterocycles. The Morgan fingerprint density at radius 3 is 2.82 bits per heavy atom. The molecule has 0 radical (unpaired) electrons. The summed E-state index contributed by atoms with van der Waals surface area (Å²) in [7, 11) is 0. The van der Waals surface area contributed by atoms with Crippen LogP contribution in [0.1, 0.15) is 5.56 Å². The largest absolute Gasteiger partial charge is 0.379 e. The Hall–Kier alpha value is -0.470. The Balaban J connectivity index is 2.25. The van der Waals surface area contributed by atoms with Gasteiger partial charge in [-0.3, -0.25) is 0 Å². The Kier molecular flexibility index (Phi) is 1.66. The lowest BCUT2D eigenvalue weighted by molar-refractivity contribution is -0.0479. The predicted molar refractivity (Wildman–Crippen MR) is 44.0 cm³/mol. The molecule has 1 N–H and O–H groups in total. The minimum atomic E-state index is 0.0988. The van der Waals surface area contributed by atoms with E-state index in [-0.39, 0.29) is 5.41 Å². The summed E-state index contributed by atoms with van der Waals surface area (Å²) in [6.45, 7) is 1.52. The van der Waals surface area contributed by atoms with Crippen LogP contribution < -0.4 is 0 Å². The van der Waals surface area contributed by atoms with Gasteiger partial charge in [0.25, 0.3) is 0 Å². The summed E-state index contributed by atoms with van der Waals surface area (Å²) in [5.41, 5.74) is 1.36. The topological polar surface area (TPSA) is 25.0 Å². The maximum absolute atomic E-state index is 5.86. The second-order valence-corrected chi connectivity index (χ2v) is 3.27. The second kappa shape index (κ2) is 2.54. The lowest BCUT2D eigenvalue weighted by Crippen LogP contribution is -2.48. The monoisotopic (exact) mass is 171 g/mol. The third kappa shape index (κ3) is 0.976. The molecule has 1 aliphatic rings. The zero-order valence-corrected chi connectivity index (χ0v) is 6.90. The maximum Gasteiger partial charge on any atom is 0.0597 e. The van der Waals surface area contributed by atoms with E-state index in [1.165, 1.54) is 5.56 Å². The number of nitrogens with one attached hydrogen (secondary N) is 1. The zero-order valence-electron chi connectivity index (χ0n) is 6.14. The quantitative estimate of drug-likeness (QED) is 0.671. The summed E-state index contributed by atoms with van der Waals surface area (Å²) in [6, 6.07) is 2.06. The third-order valence-corrected chi connectivity index (χ3v) is 2.73. The average Bonchev–Trinajstić information content (AvgIpc) is 2.39. The highest BCUT2D eigenvalue weighted by molar-refractivity contribution is 6.18. The fourth-order valence-electron chi connectivity index (χ4n) is 1.32. The van der Waals surface area contributed by atoms with Gasteiger partial charge in [-0.1, -0.05) is 0 Å². The number of H-pyrrole nitrogens is 1. The number of rotatable bonds is 2. The molecule has 0 unspecified atom stereocenters. The van der Waals surface area contributed by atoms with Gasteiger partial charge < -0.3 is 9.72 Å². The van der Waals surface area contributed by atoms with Gasteiger partial charge in [-0.05, 0) is 11.6 Å². The van der Waals surface area contributed by atoms with Crippen LogP contribution in [0.25, 0.3) is 0 Å². The molecule has 1 aromatic rings. The first-order valence-electron chi connectivity index (χ1n) is 3.64. The highest BCUT2D eigenvalue weighted by Crippen LogP contribution is 2.33. The molecule has 3 heteroatoms. The van der Waals surface area contributed by atoms with E-state index in [1.807, 2.05) is 12.4 Å². The molecule has 1 aliphatic heterocycles. The smallest absolute Gasteiger partial charge is 0.0597 e. The molecule has 1 saturated heterocycles. The molecule has 2 heterocycles. The number of aromatic nitrogens is 1. The Morgan fingerprint density at radius 1 is 1.64 bits per heavy atom. The molecular weight excluding hydrogens is 162 g/mol. The molecule has 60 valence electrons. The molecule has 0 bridgehead atoms. The first-order chi connectivity index (χ1) is 5.37. The summed E-state index contributed by atoms with van der Waals surface area (Å²) < 4.78 is 5.15. The van der Waals surface area contributed by atoms with Gasteiger partial charge in [0.15, 0.2) is 0 Å². The lowest BCUT2D eigenvalue weighted by atomic mass is 9.82. The van der Waals surface area contributed by atoms with E-state index in [9.17, 15) is 0 Å². The molecule has 0 spiro atoms. The summed E-state index contributed by atoms with van der Waals surface area (Å²) in [5.74, 6) is 0.644. The van der Waals surface area contributed by atoms with Crippen molar-refractivity contribution in [2.75, 3.05) is 19.1 Å². The van der Waals surface area contributed by atoms with Crippen molar-refractivity contribution in [3.05, 3.63) is 24.0 Å². The van der Waals surface area contributed by atoms with Crippen LogP contribution in [0.3, 0.4) is 0 Å². The molecule has 2 nitrogen and oxygen atoms in total. The Bertz CT molecular complexity index is 223. The van der Waals surface area contributed by atoms with Crippen LogP contribution >= 0.6 is 11.6 Å². The van der Waals surface area contributed by atoms with Gasteiger partial charge in [-0.15, -0.1) is 11.6 Å². The molecule has 2 rings (SSSR count). The van der Waals surface area contributed by atoms with Crippen molar-refractivity contribution in [3.63, 3.8) is 0 Å². The lowest BCUT2D eigenvalue weighted by Gasteiger charge is -2.39. The van der Waals surface area contributed by atoms with E-state index in [0.717, 1.165) is 13.2 Å². The van der Waals surface area contributed by atoms with Gasteiger partial charge in [0.05, 0.1) is 18.6 Å². The van der Waals surface area contributed by atoms with E-state index < -0.39 is 0 Å². The van der Waals surface area contributed by atoms with Crippen LogP contribution in [0.4, 0.5) is 0 Å². The van der Waals surface area contributed by atoms with E-state index in [1.54, 1.807) is 0 Å². The van der Waals surface area contributed by atoms with E-state index in [0.29, 0.717) is 5.88 Å². The average molecular weight is 172 g/mol. The van der Waals surface area contributed by atoms with Crippen LogP contribution in [-0.2, 0) is 10.2 Å². The van der Waals surface area contributed by atoms with Gasteiger partial charge in [-0.2, -0.15) is 0 Å². The van der Waals surface area contributed by atoms with Crippen LogP contribution in [-0.4, -0.2) is 24.1 Å². The Labute approximate surface area is 70.5 Å². The normalized spacial score (nSPS) is 21.2. The molecule has 1 fully saturated rings. The number of alkyl halides is 1. The van der Waals surface area contributed by atoms with E-state index in [2.05, 4.69) is 11.1 Å². The number of hydrogen-bond acceptors (Lipinski definition) is 1. The predicted octanol–water partition coefficient (Wildman–Crippen LogP) is 1.52. The van der Waals surface area contributed by atoms with Crippen LogP contribution in [0, 0.1) is 0 Å². The fraction of sp³-hybridized carbons (Fsp3) is 0.500. The van der Waals surface area contributed by atoms with Crippen LogP contribution in [0.15, 0.2) is 18.5 Å². The number of ether oxygens (including phenoxy) is 1. The van der Waals surface area contributed by atoms with Crippen molar-refractivity contribution in [2.24, 2.45) is 0 Å². The first-order valence-corrected chi connectivity index (χ1v) is 4.18.